The third kappa shape index (κ3) is 2.99. The van der Waals surface area contributed by atoms with E-state index in [-0.39, 0.29) is 30.6 Å². The molecule has 98 valence electrons. The minimum Gasteiger partial charge on any atom is -0.394 e. The zero-order chi connectivity index (χ0) is 12.3. The monoisotopic (exact) mass is 241 g/mol. The third-order valence-electron chi connectivity index (χ3n) is 4.17. The van der Waals surface area contributed by atoms with Gasteiger partial charge in [-0.05, 0) is 44.9 Å². The molecule has 0 aromatic rings. The van der Waals surface area contributed by atoms with Crippen molar-refractivity contribution in [1.82, 2.24) is 4.90 Å². The number of nitrogens with zero attached hydrogens (tertiary/aromatic N) is 1. The summed E-state index contributed by atoms with van der Waals surface area (Å²) in [6, 6.07) is 0.0306. The van der Waals surface area contributed by atoms with Gasteiger partial charge in [0.25, 0.3) is 0 Å². The second-order valence-electron chi connectivity index (χ2n) is 5.37. The van der Waals surface area contributed by atoms with Gasteiger partial charge in [0.15, 0.2) is 0 Å². The van der Waals surface area contributed by atoms with E-state index in [0.717, 1.165) is 51.5 Å². The molecule has 0 spiro atoms. The molecule has 2 rings (SSSR count). The number of aliphatic hydroxyl groups excluding tert-OH is 2. The zero-order valence-electron chi connectivity index (χ0n) is 10.3. The molecule has 2 aliphatic rings. The minimum atomic E-state index is -0.214. The van der Waals surface area contributed by atoms with E-state index in [4.69, 9.17) is 0 Å². The molecule has 1 aliphatic carbocycles. The van der Waals surface area contributed by atoms with Gasteiger partial charge in [0.05, 0.1) is 18.8 Å². The molecule has 4 nitrogen and oxygen atoms in total. The Hall–Kier alpha value is -0.610. The fraction of sp³-hybridized carbons (Fsp3) is 0.923. The van der Waals surface area contributed by atoms with Gasteiger partial charge in [0.2, 0.25) is 5.91 Å². The lowest BCUT2D eigenvalue weighted by Gasteiger charge is -2.38. The molecule has 1 heterocycles. The average molecular weight is 241 g/mol. The number of rotatable bonds is 2. The third-order valence-corrected chi connectivity index (χ3v) is 4.17. The van der Waals surface area contributed by atoms with Crippen LogP contribution in [0, 0.1) is 5.92 Å². The van der Waals surface area contributed by atoms with Gasteiger partial charge in [-0.2, -0.15) is 0 Å². The van der Waals surface area contributed by atoms with Crippen LogP contribution in [0.5, 0.6) is 0 Å². The molecule has 2 N–H and O–H groups in total. The van der Waals surface area contributed by atoms with Gasteiger partial charge in [0.1, 0.15) is 0 Å². The van der Waals surface area contributed by atoms with Crippen molar-refractivity contribution in [3.8, 4) is 0 Å². The number of carbonyl (C=O) groups excluding carboxylic acids is 1. The summed E-state index contributed by atoms with van der Waals surface area (Å²) in [6.07, 6.45) is 5.97. The molecule has 1 unspecified atom stereocenters. The van der Waals surface area contributed by atoms with Crippen LogP contribution in [0.25, 0.3) is 0 Å². The van der Waals surface area contributed by atoms with E-state index in [1.807, 2.05) is 4.90 Å². The van der Waals surface area contributed by atoms with Gasteiger partial charge in [-0.15, -0.1) is 0 Å². The Morgan fingerprint density at radius 3 is 2.47 bits per heavy atom. The molecular formula is C13H23NO3. The number of hydrogen-bond acceptors (Lipinski definition) is 3. The van der Waals surface area contributed by atoms with Gasteiger partial charge < -0.3 is 15.1 Å². The molecule has 1 saturated heterocycles. The maximum absolute atomic E-state index is 12.4. The first-order valence-electron chi connectivity index (χ1n) is 6.81. The van der Waals surface area contributed by atoms with Crippen molar-refractivity contribution in [2.45, 2.75) is 57.1 Å². The Labute approximate surface area is 103 Å². The Balaban J connectivity index is 1.93. The van der Waals surface area contributed by atoms with E-state index in [1.165, 1.54) is 0 Å². The van der Waals surface area contributed by atoms with Gasteiger partial charge in [-0.25, -0.2) is 0 Å². The summed E-state index contributed by atoms with van der Waals surface area (Å²) in [5.74, 6) is 0.279. The summed E-state index contributed by atoms with van der Waals surface area (Å²) in [7, 11) is 0. The zero-order valence-corrected chi connectivity index (χ0v) is 10.3. The number of aliphatic hydroxyl groups is 2. The smallest absolute Gasteiger partial charge is 0.226 e. The van der Waals surface area contributed by atoms with Crippen molar-refractivity contribution >= 4 is 5.91 Å². The molecule has 1 amide bonds. The molecule has 1 atom stereocenters. The molecule has 0 radical (unpaired) electrons. The predicted molar refractivity (Wildman–Crippen MR) is 64.4 cm³/mol. The van der Waals surface area contributed by atoms with E-state index in [9.17, 15) is 15.0 Å². The number of amides is 1. The highest BCUT2D eigenvalue weighted by Crippen LogP contribution is 2.28. The van der Waals surface area contributed by atoms with Gasteiger partial charge in [-0.3, -0.25) is 4.79 Å². The fourth-order valence-electron chi connectivity index (χ4n) is 3.04. The minimum absolute atomic E-state index is 0.0306. The number of carbonyl (C=O) groups is 1. The Morgan fingerprint density at radius 2 is 1.82 bits per heavy atom. The van der Waals surface area contributed by atoms with Crippen LogP contribution >= 0.6 is 0 Å². The van der Waals surface area contributed by atoms with Crippen molar-refractivity contribution < 1.29 is 15.0 Å². The first-order valence-corrected chi connectivity index (χ1v) is 6.81. The van der Waals surface area contributed by atoms with Crippen molar-refractivity contribution in [2.75, 3.05) is 13.2 Å². The lowest BCUT2D eigenvalue weighted by atomic mass is 9.85. The molecular weight excluding hydrogens is 218 g/mol. The number of hydrogen-bond donors (Lipinski definition) is 2. The first kappa shape index (κ1) is 12.8. The van der Waals surface area contributed by atoms with Gasteiger partial charge >= 0.3 is 0 Å². The molecule has 1 aliphatic heterocycles. The quantitative estimate of drug-likeness (QED) is 0.755. The maximum atomic E-state index is 12.4. The van der Waals surface area contributed by atoms with E-state index in [2.05, 4.69) is 0 Å². The maximum Gasteiger partial charge on any atom is 0.226 e. The normalized spacial score (nSPS) is 34.7. The Kier molecular flexibility index (Phi) is 4.40. The summed E-state index contributed by atoms with van der Waals surface area (Å²) >= 11 is 0. The van der Waals surface area contributed by atoms with E-state index < -0.39 is 0 Å². The summed E-state index contributed by atoms with van der Waals surface area (Å²) in [5.41, 5.74) is 0. The van der Waals surface area contributed by atoms with Crippen LogP contribution in [0.2, 0.25) is 0 Å². The van der Waals surface area contributed by atoms with Crippen molar-refractivity contribution in [3.63, 3.8) is 0 Å². The first-order chi connectivity index (χ1) is 8.22. The van der Waals surface area contributed by atoms with Crippen molar-refractivity contribution in [3.05, 3.63) is 0 Å². The van der Waals surface area contributed by atoms with Gasteiger partial charge in [0, 0.05) is 12.5 Å². The number of piperidine rings is 1. The van der Waals surface area contributed by atoms with Crippen LogP contribution in [0.4, 0.5) is 0 Å². The highest BCUT2D eigenvalue weighted by atomic mass is 16.3. The SMILES string of the molecule is O=C(C1CCC(O)CC1)N1CCCCC1CO. The van der Waals surface area contributed by atoms with Crippen LogP contribution in [0.1, 0.15) is 44.9 Å². The van der Waals surface area contributed by atoms with Crippen molar-refractivity contribution in [1.29, 1.82) is 0 Å². The summed E-state index contributed by atoms with van der Waals surface area (Å²) in [6.45, 7) is 0.879. The molecule has 0 aromatic carbocycles. The predicted octanol–water partition coefficient (Wildman–Crippen LogP) is 0.911. The lowest BCUT2D eigenvalue weighted by molar-refractivity contribution is -0.142. The van der Waals surface area contributed by atoms with E-state index >= 15 is 0 Å². The topological polar surface area (TPSA) is 60.8 Å². The van der Waals surface area contributed by atoms with Crippen LogP contribution in [0.3, 0.4) is 0 Å². The standard InChI is InChI=1S/C13H23NO3/c15-9-11-3-1-2-8-14(11)13(17)10-4-6-12(16)7-5-10/h10-12,15-16H,1-9H2. The molecule has 0 bridgehead atoms. The highest BCUT2D eigenvalue weighted by Gasteiger charge is 2.33. The second-order valence-corrected chi connectivity index (χ2v) is 5.37. The fourth-order valence-corrected chi connectivity index (χ4v) is 3.04. The molecule has 17 heavy (non-hydrogen) atoms. The lowest BCUT2D eigenvalue weighted by Crippen LogP contribution is -2.48. The number of likely N-dealkylation sites (tertiary alicyclic amines) is 1. The van der Waals surface area contributed by atoms with E-state index in [1.54, 1.807) is 0 Å². The molecule has 0 aromatic heterocycles. The van der Waals surface area contributed by atoms with Crippen molar-refractivity contribution in [2.24, 2.45) is 5.92 Å². The summed E-state index contributed by atoms with van der Waals surface area (Å²) < 4.78 is 0. The highest BCUT2D eigenvalue weighted by molar-refractivity contribution is 5.79. The van der Waals surface area contributed by atoms with Crippen LogP contribution in [-0.2, 0) is 4.79 Å². The van der Waals surface area contributed by atoms with Gasteiger partial charge in [-0.1, -0.05) is 0 Å². The van der Waals surface area contributed by atoms with Crippen LogP contribution in [0.15, 0.2) is 0 Å². The molecule has 1 saturated carbocycles. The Morgan fingerprint density at radius 1 is 1.12 bits per heavy atom. The Bertz CT molecular complexity index is 261. The van der Waals surface area contributed by atoms with E-state index in [0.29, 0.717) is 0 Å². The van der Waals surface area contributed by atoms with Crippen LogP contribution in [-0.4, -0.2) is 46.3 Å². The molecule has 2 fully saturated rings. The summed E-state index contributed by atoms with van der Waals surface area (Å²) in [4.78, 5) is 14.2. The van der Waals surface area contributed by atoms with Crippen LogP contribution < -0.4 is 0 Å². The summed E-state index contributed by atoms with van der Waals surface area (Å²) in [5, 5.41) is 18.8. The largest absolute Gasteiger partial charge is 0.394 e. The second kappa shape index (κ2) is 5.83. The molecule has 4 heteroatoms. The average Bonchev–Trinajstić information content (AvgIpc) is 2.39.